The van der Waals surface area contributed by atoms with Gasteiger partial charge < -0.3 is 9.62 Å². The summed E-state index contributed by atoms with van der Waals surface area (Å²) in [6, 6.07) is 51.6. The van der Waals surface area contributed by atoms with E-state index < -0.39 is 0 Å². The number of para-hydroxylation sites is 2. The molecule has 1 aliphatic rings. The molecule has 3 nitrogen and oxygen atoms in total. The fourth-order valence-electron chi connectivity index (χ4n) is 5.92. The fourth-order valence-corrected chi connectivity index (χ4v) is 5.92. The molecule has 0 atom stereocenters. The summed E-state index contributed by atoms with van der Waals surface area (Å²) >= 11 is 0. The second-order valence-electron chi connectivity index (χ2n) is 10.1. The van der Waals surface area contributed by atoms with Gasteiger partial charge in [0, 0.05) is 17.6 Å². The third-order valence-electron chi connectivity index (χ3n) is 7.67. The van der Waals surface area contributed by atoms with Crippen molar-refractivity contribution in [2.45, 2.75) is 6.92 Å². The van der Waals surface area contributed by atoms with E-state index in [0.717, 1.165) is 22.9 Å². The quantitative estimate of drug-likeness (QED) is 0.216. The van der Waals surface area contributed by atoms with Crippen LogP contribution in [0.2, 0.25) is 0 Å². The zero-order valence-electron chi connectivity index (χ0n) is 22.4. The topological polar surface area (TPSA) is 19.4 Å². The van der Waals surface area contributed by atoms with Gasteiger partial charge in [0.25, 0.3) is 0 Å². The van der Waals surface area contributed by atoms with Gasteiger partial charge in [-0.25, -0.2) is 4.98 Å². The van der Waals surface area contributed by atoms with Crippen molar-refractivity contribution in [3.8, 4) is 22.3 Å². The molecule has 2 heterocycles. The molecule has 0 N–H and O–H groups in total. The Labute approximate surface area is 236 Å². The van der Waals surface area contributed by atoms with Crippen LogP contribution < -0.4 is 15.1 Å². The summed E-state index contributed by atoms with van der Waals surface area (Å²) in [6.45, 7) is 2.00. The highest BCUT2D eigenvalue weighted by molar-refractivity contribution is 6.86. The highest BCUT2D eigenvalue weighted by atomic mass is 15.3. The number of hydrogen-bond acceptors (Lipinski definition) is 3. The average molecular weight is 513 g/mol. The Balaban J connectivity index is 1.60. The number of aryl methyl sites for hydroxylation is 1. The van der Waals surface area contributed by atoms with Gasteiger partial charge in [0.05, 0.1) is 5.69 Å². The van der Waals surface area contributed by atoms with Crippen LogP contribution in [-0.4, -0.2) is 12.0 Å². The van der Waals surface area contributed by atoms with Crippen LogP contribution in [0.1, 0.15) is 5.56 Å². The number of aromatic nitrogens is 1. The van der Waals surface area contributed by atoms with E-state index in [1.54, 1.807) is 0 Å². The van der Waals surface area contributed by atoms with Gasteiger partial charge in [0.15, 0.2) is 0 Å². The number of anilines is 4. The van der Waals surface area contributed by atoms with Gasteiger partial charge in [-0.05, 0) is 70.5 Å². The number of fused-ring (bicyclic) bond motifs is 1. The largest absolute Gasteiger partial charge is 0.423 e. The summed E-state index contributed by atoms with van der Waals surface area (Å²) < 4.78 is 0. The van der Waals surface area contributed by atoms with E-state index >= 15 is 0 Å². The molecule has 1 aliphatic heterocycles. The van der Waals surface area contributed by atoms with E-state index in [-0.39, 0.29) is 6.98 Å². The highest BCUT2D eigenvalue weighted by Gasteiger charge is 2.47. The number of rotatable bonds is 5. The predicted octanol–water partition coefficient (Wildman–Crippen LogP) is 8.41. The Morgan fingerprint density at radius 3 is 1.50 bits per heavy atom. The van der Waals surface area contributed by atoms with Gasteiger partial charge in [-0.3, -0.25) is 0 Å². The van der Waals surface area contributed by atoms with E-state index in [1.807, 2.05) is 6.20 Å². The van der Waals surface area contributed by atoms with Crippen molar-refractivity contribution in [1.29, 1.82) is 0 Å². The monoisotopic (exact) mass is 513 g/mol. The number of benzene rings is 5. The molecule has 1 aromatic heterocycles. The third-order valence-corrected chi connectivity index (χ3v) is 7.67. The van der Waals surface area contributed by atoms with Crippen LogP contribution >= 0.6 is 0 Å². The van der Waals surface area contributed by atoms with Crippen LogP contribution in [0.15, 0.2) is 152 Å². The Morgan fingerprint density at radius 2 is 0.975 bits per heavy atom. The van der Waals surface area contributed by atoms with Crippen LogP contribution in [0.5, 0.6) is 0 Å². The van der Waals surface area contributed by atoms with E-state index in [9.17, 15) is 0 Å². The molecule has 0 radical (unpaired) electrons. The smallest absolute Gasteiger partial charge is 0.358 e. The van der Waals surface area contributed by atoms with Gasteiger partial charge in [-0.1, -0.05) is 115 Å². The molecule has 0 unspecified atom stereocenters. The van der Waals surface area contributed by atoms with Crippen molar-refractivity contribution in [1.82, 2.24) is 4.98 Å². The molecule has 0 saturated carbocycles. The summed E-state index contributed by atoms with van der Waals surface area (Å²) in [7, 11) is 0. The number of hydrogen-bond donors (Lipinski definition) is 0. The van der Waals surface area contributed by atoms with Gasteiger partial charge in [-0.2, -0.15) is 0 Å². The second kappa shape index (κ2) is 10.2. The standard InChI is InChI=1S/C36H28BN3/c1-27-25-26-38-36-35(27)39(30-19-10-4-11-20-30)37(40(36)31-21-12-5-13-22-31)34-32(28-15-6-2-7-16-28)23-14-24-33(34)29-17-8-3-9-18-29/h2-26H,1H3. The molecule has 0 aliphatic carbocycles. The molecular weight excluding hydrogens is 485 g/mol. The van der Waals surface area contributed by atoms with Gasteiger partial charge in [-0.15, -0.1) is 0 Å². The lowest BCUT2D eigenvalue weighted by Gasteiger charge is -2.32. The van der Waals surface area contributed by atoms with E-state index in [1.165, 1.54) is 33.3 Å². The normalized spacial score (nSPS) is 12.5. The molecule has 190 valence electrons. The summed E-state index contributed by atoms with van der Waals surface area (Å²) in [6.07, 6.45) is 1.93. The first-order chi connectivity index (χ1) is 19.8. The highest BCUT2D eigenvalue weighted by Crippen LogP contribution is 2.47. The number of nitrogens with zero attached hydrogens (tertiary/aromatic N) is 3. The zero-order valence-corrected chi connectivity index (χ0v) is 22.4. The summed E-state index contributed by atoms with van der Waals surface area (Å²) in [5.41, 5.74) is 10.6. The first-order valence-corrected chi connectivity index (χ1v) is 13.7. The Kier molecular flexibility index (Phi) is 6.14. The van der Waals surface area contributed by atoms with Gasteiger partial charge in [0.2, 0.25) is 0 Å². The lowest BCUT2D eigenvalue weighted by Crippen LogP contribution is -2.54. The minimum Gasteiger partial charge on any atom is -0.358 e. The predicted molar refractivity (Wildman–Crippen MR) is 169 cm³/mol. The maximum absolute atomic E-state index is 5.02. The SMILES string of the molecule is Cc1ccnc2c1N(c1ccccc1)B(c1c(-c3ccccc3)cccc1-c1ccccc1)N2c1ccccc1. The van der Waals surface area contributed by atoms with E-state index in [4.69, 9.17) is 4.98 Å². The molecule has 5 aromatic carbocycles. The summed E-state index contributed by atoms with van der Waals surface area (Å²) in [5, 5.41) is 0. The minimum absolute atomic E-state index is 0.181. The van der Waals surface area contributed by atoms with E-state index in [0.29, 0.717) is 0 Å². The van der Waals surface area contributed by atoms with Crippen LogP contribution in [0.25, 0.3) is 22.3 Å². The minimum atomic E-state index is -0.181. The first kappa shape index (κ1) is 24.0. The van der Waals surface area contributed by atoms with Crippen LogP contribution in [0.3, 0.4) is 0 Å². The molecule has 4 heteroatoms. The molecule has 7 rings (SSSR count). The molecular formula is C36H28BN3. The lowest BCUT2D eigenvalue weighted by atomic mass is 9.59. The molecule has 0 amide bonds. The van der Waals surface area contributed by atoms with Crippen molar-refractivity contribution in [3.05, 3.63) is 157 Å². The fraction of sp³-hybridized carbons (Fsp3) is 0.0278. The average Bonchev–Trinajstić information content (AvgIpc) is 3.38. The molecule has 40 heavy (non-hydrogen) atoms. The van der Waals surface area contributed by atoms with Crippen molar-refractivity contribution in [2.75, 3.05) is 9.62 Å². The molecule has 0 bridgehead atoms. The molecule has 0 saturated heterocycles. The molecule has 0 spiro atoms. The maximum atomic E-state index is 5.02. The van der Waals surface area contributed by atoms with Crippen molar-refractivity contribution in [3.63, 3.8) is 0 Å². The van der Waals surface area contributed by atoms with Crippen LogP contribution in [0, 0.1) is 6.92 Å². The zero-order chi connectivity index (χ0) is 26.9. The Morgan fingerprint density at radius 1 is 0.500 bits per heavy atom. The molecule has 0 fully saturated rings. The van der Waals surface area contributed by atoms with Crippen LogP contribution in [0.4, 0.5) is 22.9 Å². The summed E-state index contributed by atoms with van der Waals surface area (Å²) in [4.78, 5) is 9.90. The third kappa shape index (κ3) is 4.06. The summed E-state index contributed by atoms with van der Waals surface area (Å²) in [5.74, 6) is 0.960. The number of pyridine rings is 1. The maximum Gasteiger partial charge on any atom is 0.423 e. The van der Waals surface area contributed by atoms with Gasteiger partial charge >= 0.3 is 6.98 Å². The van der Waals surface area contributed by atoms with Crippen molar-refractivity contribution >= 4 is 35.3 Å². The van der Waals surface area contributed by atoms with Crippen molar-refractivity contribution < 1.29 is 0 Å². The van der Waals surface area contributed by atoms with Crippen LogP contribution in [-0.2, 0) is 0 Å². The second-order valence-corrected chi connectivity index (χ2v) is 10.1. The van der Waals surface area contributed by atoms with Crippen molar-refractivity contribution in [2.24, 2.45) is 0 Å². The molecule has 6 aromatic rings. The van der Waals surface area contributed by atoms with Gasteiger partial charge in [0.1, 0.15) is 5.82 Å². The Bertz CT molecular complexity index is 1700. The first-order valence-electron chi connectivity index (χ1n) is 13.7. The Hall–Kier alpha value is -5.09. The lowest BCUT2D eigenvalue weighted by molar-refractivity contribution is 1.24. The van der Waals surface area contributed by atoms with E-state index in [2.05, 4.69) is 162 Å².